The molecule has 0 bridgehead atoms. The number of benzene rings is 2. The molecule has 0 saturated heterocycles. The third-order valence-corrected chi connectivity index (χ3v) is 4.96. The van der Waals surface area contributed by atoms with E-state index >= 15 is 0 Å². The van der Waals surface area contributed by atoms with Crippen molar-refractivity contribution in [3.63, 3.8) is 0 Å². The van der Waals surface area contributed by atoms with Crippen LogP contribution in [-0.4, -0.2) is 14.5 Å². The maximum atomic E-state index is 13.6. The van der Waals surface area contributed by atoms with Gasteiger partial charge < -0.3 is 9.30 Å². The number of ether oxygens (including phenoxy) is 1. The van der Waals surface area contributed by atoms with Gasteiger partial charge in [0.2, 0.25) is 0 Å². The Balaban J connectivity index is 1.74. The summed E-state index contributed by atoms with van der Waals surface area (Å²) in [5, 5.41) is 10.8. The Labute approximate surface area is 149 Å². The Bertz CT molecular complexity index is 978. The fourth-order valence-electron chi connectivity index (χ4n) is 3.50. The Morgan fingerprint density at radius 3 is 2.58 bits per heavy atom. The van der Waals surface area contributed by atoms with E-state index in [9.17, 15) is 14.5 Å². The molecule has 3 aromatic rings. The summed E-state index contributed by atoms with van der Waals surface area (Å²) in [6, 6.07) is 10.7. The number of aromatic nitrogens is 2. The van der Waals surface area contributed by atoms with E-state index < -0.39 is 10.5 Å². The van der Waals surface area contributed by atoms with Gasteiger partial charge in [-0.05, 0) is 50.5 Å². The molecule has 0 aliphatic heterocycles. The smallest absolute Gasteiger partial charge is 0.269 e. The highest BCUT2D eigenvalue weighted by molar-refractivity contribution is 5.76. The van der Waals surface area contributed by atoms with Crippen LogP contribution in [0.1, 0.15) is 32.0 Å². The lowest BCUT2D eigenvalue weighted by Gasteiger charge is -2.41. The van der Waals surface area contributed by atoms with Crippen LogP contribution in [0.3, 0.4) is 0 Å². The van der Waals surface area contributed by atoms with E-state index in [0.29, 0.717) is 17.8 Å². The van der Waals surface area contributed by atoms with E-state index in [-0.39, 0.29) is 11.5 Å². The van der Waals surface area contributed by atoms with Gasteiger partial charge in [-0.2, -0.15) is 0 Å². The van der Waals surface area contributed by atoms with Crippen LogP contribution in [0.2, 0.25) is 0 Å². The van der Waals surface area contributed by atoms with Crippen molar-refractivity contribution >= 4 is 16.7 Å². The van der Waals surface area contributed by atoms with E-state index in [2.05, 4.69) is 9.55 Å². The summed E-state index contributed by atoms with van der Waals surface area (Å²) in [4.78, 5) is 15.1. The summed E-state index contributed by atoms with van der Waals surface area (Å²) in [7, 11) is 0. The van der Waals surface area contributed by atoms with Crippen LogP contribution in [0, 0.1) is 15.9 Å². The fourth-order valence-corrected chi connectivity index (χ4v) is 3.50. The van der Waals surface area contributed by atoms with Gasteiger partial charge in [0.15, 0.2) is 11.4 Å². The van der Waals surface area contributed by atoms with E-state index in [1.807, 2.05) is 6.92 Å². The maximum Gasteiger partial charge on any atom is 0.269 e. The SMILES string of the molecule is CCn1c(C2(Oc3ccc([N+](=O)[O-])cc3)CCC2)nc2cc(F)ccc21. The number of hydrogen-bond donors (Lipinski definition) is 0. The Morgan fingerprint density at radius 2 is 2.00 bits per heavy atom. The van der Waals surface area contributed by atoms with Gasteiger partial charge in [-0.25, -0.2) is 9.37 Å². The third-order valence-electron chi connectivity index (χ3n) is 4.96. The first-order chi connectivity index (χ1) is 12.5. The van der Waals surface area contributed by atoms with Gasteiger partial charge in [0.25, 0.3) is 5.69 Å². The van der Waals surface area contributed by atoms with E-state index in [4.69, 9.17) is 4.74 Å². The summed E-state index contributed by atoms with van der Waals surface area (Å²) in [6.45, 7) is 2.72. The number of nitro groups is 1. The highest BCUT2D eigenvalue weighted by atomic mass is 19.1. The Morgan fingerprint density at radius 1 is 1.27 bits per heavy atom. The van der Waals surface area contributed by atoms with Gasteiger partial charge >= 0.3 is 0 Å². The molecule has 1 fully saturated rings. The number of fused-ring (bicyclic) bond motifs is 1. The normalized spacial score (nSPS) is 15.6. The van der Waals surface area contributed by atoms with Crippen molar-refractivity contribution < 1.29 is 14.1 Å². The van der Waals surface area contributed by atoms with Crippen molar-refractivity contribution in [1.29, 1.82) is 0 Å². The zero-order valence-electron chi connectivity index (χ0n) is 14.3. The first kappa shape index (κ1) is 16.5. The van der Waals surface area contributed by atoms with Crippen molar-refractivity contribution in [3.8, 4) is 5.75 Å². The number of aryl methyl sites for hydroxylation is 1. The summed E-state index contributed by atoms with van der Waals surface area (Å²) in [5.41, 5.74) is 0.931. The lowest BCUT2D eigenvalue weighted by Crippen LogP contribution is -2.42. The largest absolute Gasteiger partial charge is 0.479 e. The monoisotopic (exact) mass is 355 g/mol. The standard InChI is InChI=1S/C19H18FN3O3/c1-2-22-17-9-4-13(20)12-16(17)21-18(22)19(10-3-11-19)26-15-7-5-14(6-8-15)23(24)25/h4-9,12H,2-3,10-11H2,1H3. The Hall–Kier alpha value is -2.96. The molecule has 1 heterocycles. The zero-order valence-corrected chi connectivity index (χ0v) is 14.3. The van der Waals surface area contributed by atoms with Crippen LogP contribution >= 0.6 is 0 Å². The molecule has 0 N–H and O–H groups in total. The van der Waals surface area contributed by atoms with E-state index in [1.54, 1.807) is 18.2 Å². The Kier molecular flexibility index (Phi) is 3.86. The van der Waals surface area contributed by atoms with Crippen LogP contribution in [0.25, 0.3) is 11.0 Å². The quantitative estimate of drug-likeness (QED) is 0.497. The van der Waals surface area contributed by atoms with Gasteiger partial charge in [0, 0.05) is 24.7 Å². The lowest BCUT2D eigenvalue weighted by molar-refractivity contribution is -0.384. The minimum absolute atomic E-state index is 0.0243. The average Bonchev–Trinajstić information content (AvgIpc) is 2.96. The van der Waals surface area contributed by atoms with Crippen LogP contribution < -0.4 is 4.74 Å². The summed E-state index contributed by atoms with van der Waals surface area (Å²) >= 11 is 0. The first-order valence-corrected chi connectivity index (χ1v) is 8.62. The van der Waals surface area contributed by atoms with Crippen LogP contribution in [0.15, 0.2) is 42.5 Å². The van der Waals surface area contributed by atoms with Gasteiger partial charge in [0.1, 0.15) is 11.6 Å². The van der Waals surface area contributed by atoms with Crippen LogP contribution in [0.4, 0.5) is 10.1 Å². The molecule has 1 aromatic heterocycles. The second kappa shape index (κ2) is 6.09. The van der Waals surface area contributed by atoms with Gasteiger partial charge in [0.05, 0.1) is 16.0 Å². The molecule has 134 valence electrons. The summed E-state index contributed by atoms with van der Waals surface area (Å²) < 4.78 is 21.9. The highest BCUT2D eigenvalue weighted by Crippen LogP contribution is 2.45. The molecule has 4 rings (SSSR count). The number of hydrogen-bond acceptors (Lipinski definition) is 4. The molecule has 1 aliphatic rings. The number of rotatable bonds is 5. The molecule has 0 radical (unpaired) electrons. The van der Waals surface area contributed by atoms with Crippen molar-refractivity contribution in [2.45, 2.75) is 38.3 Å². The second-order valence-corrected chi connectivity index (χ2v) is 6.51. The zero-order chi connectivity index (χ0) is 18.3. The van der Waals surface area contributed by atoms with E-state index in [1.165, 1.54) is 24.3 Å². The second-order valence-electron chi connectivity index (χ2n) is 6.51. The number of halogens is 1. The molecule has 2 aromatic carbocycles. The molecular formula is C19H18FN3O3. The molecule has 0 unspecified atom stereocenters. The summed E-state index contributed by atoms with van der Waals surface area (Å²) in [5.74, 6) is 1.03. The third kappa shape index (κ3) is 2.60. The van der Waals surface area contributed by atoms with Gasteiger partial charge in [-0.1, -0.05) is 0 Å². The van der Waals surface area contributed by atoms with Crippen LogP contribution in [0.5, 0.6) is 5.75 Å². The number of nitrogens with zero attached hydrogens (tertiary/aromatic N) is 3. The van der Waals surface area contributed by atoms with Gasteiger partial charge in [-0.15, -0.1) is 0 Å². The van der Waals surface area contributed by atoms with Gasteiger partial charge in [-0.3, -0.25) is 10.1 Å². The molecule has 1 saturated carbocycles. The van der Waals surface area contributed by atoms with E-state index in [0.717, 1.165) is 30.6 Å². The predicted octanol–water partition coefficient (Wildman–Crippen LogP) is 4.56. The minimum Gasteiger partial charge on any atom is -0.479 e. The highest BCUT2D eigenvalue weighted by Gasteiger charge is 2.45. The first-order valence-electron chi connectivity index (χ1n) is 8.62. The number of imidazole rings is 1. The molecule has 1 aliphatic carbocycles. The average molecular weight is 355 g/mol. The summed E-state index contributed by atoms with van der Waals surface area (Å²) in [6.07, 6.45) is 2.61. The molecule has 26 heavy (non-hydrogen) atoms. The van der Waals surface area contributed by atoms with Crippen molar-refractivity contribution in [2.24, 2.45) is 0 Å². The lowest BCUT2D eigenvalue weighted by atomic mass is 9.79. The molecule has 0 spiro atoms. The fraction of sp³-hybridized carbons (Fsp3) is 0.316. The van der Waals surface area contributed by atoms with Crippen molar-refractivity contribution in [2.75, 3.05) is 0 Å². The molecule has 0 amide bonds. The predicted molar refractivity (Wildman–Crippen MR) is 94.6 cm³/mol. The van der Waals surface area contributed by atoms with Crippen molar-refractivity contribution in [3.05, 3.63) is 64.2 Å². The number of non-ortho nitro benzene ring substituents is 1. The topological polar surface area (TPSA) is 70.2 Å². The van der Waals surface area contributed by atoms with Crippen LogP contribution in [-0.2, 0) is 12.1 Å². The molecule has 6 nitrogen and oxygen atoms in total. The van der Waals surface area contributed by atoms with Crippen molar-refractivity contribution in [1.82, 2.24) is 9.55 Å². The number of nitro benzene ring substituents is 1. The molecule has 0 atom stereocenters. The molecule has 7 heteroatoms. The minimum atomic E-state index is -0.582. The maximum absolute atomic E-state index is 13.6. The molecular weight excluding hydrogens is 337 g/mol.